The molecule has 3 atom stereocenters. The molecule has 2 N–H and O–H groups in total. The van der Waals surface area contributed by atoms with Crippen molar-refractivity contribution in [2.24, 2.45) is 0 Å². The average molecular weight is 461 g/mol. The fraction of sp³-hybridized carbons (Fsp3) is 0.321. The van der Waals surface area contributed by atoms with E-state index >= 15 is 0 Å². The topological polar surface area (TPSA) is 71.0 Å². The molecule has 6 nitrogen and oxygen atoms in total. The van der Waals surface area contributed by atoms with Gasteiger partial charge in [0, 0.05) is 37.7 Å². The van der Waals surface area contributed by atoms with Gasteiger partial charge in [-0.1, -0.05) is 66.7 Å². The lowest BCUT2D eigenvalue weighted by Crippen LogP contribution is -2.37. The van der Waals surface area contributed by atoms with Crippen LogP contribution >= 0.6 is 0 Å². The zero-order chi connectivity index (χ0) is 23.9. The van der Waals surface area contributed by atoms with Crippen LogP contribution in [0.25, 0.3) is 0 Å². The molecule has 0 spiro atoms. The van der Waals surface area contributed by atoms with E-state index in [-0.39, 0.29) is 24.7 Å². The number of carbonyl (C=O) groups is 1. The minimum Gasteiger partial charge on any atom is -0.392 e. The van der Waals surface area contributed by atoms with E-state index in [9.17, 15) is 9.90 Å². The van der Waals surface area contributed by atoms with Crippen LogP contribution in [0.1, 0.15) is 48.0 Å². The highest BCUT2D eigenvalue weighted by molar-refractivity contribution is 5.88. The van der Waals surface area contributed by atoms with E-state index < -0.39 is 6.29 Å². The molecule has 6 heteroatoms. The number of amides is 1. The van der Waals surface area contributed by atoms with Gasteiger partial charge in [-0.3, -0.25) is 9.69 Å². The summed E-state index contributed by atoms with van der Waals surface area (Å²) >= 11 is 0. The van der Waals surface area contributed by atoms with E-state index in [2.05, 4.69) is 41.5 Å². The fourth-order valence-corrected chi connectivity index (χ4v) is 4.31. The van der Waals surface area contributed by atoms with Gasteiger partial charge >= 0.3 is 0 Å². The van der Waals surface area contributed by atoms with Gasteiger partial charge in [0.1, 0.15) is 0 Å². The Morgan fingerprint density at radius 1 is 0.971 bits per heavy atom. The number of aliphatic hydroxyl groups excluding tert-OH is 1. The molecule has 3 aromatic carbocycles. The Morgan fingerprint density at radius 3 is 2.44 bits per heavy atom. The monoisotopic (exact) mass is 460 g/mol. The number of hydrogen-bond acceptors (Lipinski definition) is 5. The van der Waals surface area contributed by atoms with Crippen LogP contribution in [0.2, 0.25) is 0 Å². The zero-order valence-corrected chi connectivity index (χ0v) is 19.7. The van der Waals surface area contributed by atoms with Crippen molar-refractivity contribution in [1.29, 1.82) is 0 Å². The number of nitrogens with zero attached hydrogens (tertiary/aromatic N) is 1. The summed E-state index contributed by atoms with van der Waals surface area (Å²) in [4.78, 5) is 13.8. The summed E-state index contributed by atoms with van der Waals surface area (Å²) in [5.41, 5.74) is 4.75. The summed E-state index contributed by atoms with van der Waals surface area (Å²) in [7, 11) is 2.10. The maximum absolute atomic E-state index is 11.5. The van der Waals surface area contributed by atoms with E-state index in [1.54, 1.807) is 0 Å². The van der Waals surface area contributed by atoms with Crippen molar-refractivity contribution in [2.45, 2.75) is 45.0 Å². The van der Waals surface area contributed by atoms with Crippen LogP contribution < -0.4 is 5.32 Å². The van der Waals surface area contributed by atoms with Crippen LogP contribution in [-0.2, 0) is 27.4 Å². The molecule has 1 saturated heterocycles. The van der Waals surface area contributed by atoms with Gasteiger partial charge in [0.05, 0.1) is 18.8 Å². The number of benzene rings is 3. The summed E-state index contributed by atoms with van der Waals surface area (Å²) in [6, 6.07) is 25.9. The van der Waals surface area contributed by atoms with Gasteiger partial charge in [-0.05, 0) is 35.9 Å². The first-order valence-electron chi connectivity index (χ1n) is 11.6. The van der Waals surface area contributed by atoms with Gasteiger partial charge < -0.3 is 19.9 Å². The van der Waals surface area contributed by atoms with E-state index in [4.69, 9.17) is 9.47 Å². The predicted molar refractivity (Wildman–Crippen MR) is 132 cm³/mol. The largest absolute Gasteiger partial charge is 0.392 e. The lowest BCUT2D eigenvalue weighted by atomic mass is 9.99. The number of ether oxygens (including phenoxy) is 2. The smallest absolute Gasteiger partial charge is 0.221 e. The van der Waals surface area contributed by atoms with Gasteiger partial charge in [-0.15, -0.1) is 0 Å². The highest BCUT2D eigenvalue weighted by Gasteiger charge is 2.32. The lowest BCUT2D eigenvalue weighted by Gasteiger charge is -2.38. The highest BCUT2D eigenvalue weighted by Crippen LogP contribution is 2.38. The van der Waals surface area contributed by atoms with Gasteiger partial charge in [-0.25, -0.2) is 0 Å². The Balaban J connectivity index is 1.53. The third kappa shape index (κ3) is 6.52. The normalized spacial score (nSPS) is 20.3. The van der Waals surface area contributed by atoms with Gasteiger partial charge in [0.2, 0.25) is 5.91 Å². The molecule has 3 unspecified atom stereocenters. The number of aliphatic hydroxyl groups is 1. The molecule has 0 saturated carbocycles. The Labute approximate surface area is 201 Å². The Bertz CT molecular complexity index is 1070. The van der Waals surface area contributed by atoms with Crippen molar-refractivity contribution >= 4 is 11.6 Å². The number of hydrogen-bond donors (Lipinski definition) is 2. The van der Waals surface area contributed by atoms with Gasteiger partial charge in [0.25, 0.3) is 0 Å². The molecular formula is C28H32N2O4. The molecule has 1 amide bonds. The van der Waals surface area contributed by atoms with Crippen molar-refractivity contribution in [3.05, 3.63) is 101 Å². The minimum atomic E-state index is -0.555. The van der Waals surface area contributed by atoms with Gasteiger partial charge in [0.15, 0.2) is 6.29 Å². The molecule has 0 radical (unpaired) electrons. The van der Waals surface area contributed by atoms with Crippen LogP contribution in [0.5, 0.6) is 0 Å². The van der Waals surface area contributed by atoms with Crippen LogP contribution in [-0.4, -0.2) is 35.6 Å². The number of carbonyl (C=O) groups excluding carboxylic acids is 1. The summed E-state index contributed by atoms with van der Waals surface area (Å²) in [6.45, 7) is 3.09. The first kappa shape index (κ1) is 24.1. The molecule has 0 bridgehead atoms. The molecule has 1 heterocycles. The van der Waals surface area contributed by atoms with Crippen molar-refractivity contribution in [1.82, 2.24) is 4.90 Å². The van der Waals surface area contributed by atoms with Crippen LogP contribution in [0.3, 0.4) is 0 Å². The Morgan fingerprint density at radius 2 is 1.74 bits per heavy atom. The maximum Gasteiger partial charge on any atom is 0.221 e. The number of nitrogens with one attached hydrogen (secondary N) is 1. The number of rotatable bonds is 8. The Hall–Kier alpha value is -3.03. The van der Waals surface area contributed by atoms with E-state index in [1.807, 2.05) is 54.6 Å². The summed E-state index contributed by atoms with van der Waals surface area (Å²) < 4.78 is 12.8. The Kier molecular flexibility index (Phi) is 8.08. The molecule has 1 aliphatic rings. The predicted octanol–water partition coefficient (Wildman–Crippen LogP) is 4.81. The number of anilines is 1. The van der Waals surface area contributed by atoms with Crippen molar-refractivity contribution in [3.8, 4) is 0 Å². The standard InChI is InChI=1S/C28H32N2O4/c1-20(32)29-25-10-6-9-24(15-25)28-33-26(18-30(2)17-21-7-4-3-5-8-21)16-27(34-28)23-13-11-22(19-31)12-14-23/h3-15,26-28,31H,16-19H2,1-2H3,(H,29,32). The average Bonchev–Trinajstić information content (AvgIpc) is 2.84. The number of likely N-dealkylation sites (N-methyl/N-ethyl adjacent to an activating group) is 1. The molecule has 178 valence electrons. The second-order valence-corrected chi connectivity index (χ2v) is 8.84. The third-order valence-electron chi connectivity index (χ3n) is 5.90. The van der Waals surface area contributed by atoms with Gasteiger partial charge in [-0.2, -0.15) is 0 Å². The zero-order valence-electron chi connectivity index (χ0n) is 19.7. The molecule has 1 aliphatic heterocycles. The van der Waals surface area contributed by atoms with Crippen molar-refractivity contribution in [2.75, 3.05) is 18.9 Å². The van der Waals surface area contributed by atoms with Crippen LogP contribution in [0.4, 0.5) is 5.69 Å². The molecule has 0 aliphatic carbocycles. The van der Waals surface area contributed by atoms with Crippen LogP contribution in [0, 0.1) is 0 Å². The molecule has 4 rings (SSSR count). The van der Waals surface area contributed by atoms with E-state index in [0.717, 1.165) is 36.2 Å². The molecule has 1 fully saturated rings. The molecule has 34 heavy (non-hydrogen) atoms. The van der Waals surface area contributed by atoms with Crippen LogP contribution in [0.15, 0.2) is 78.9 Å². The second kappa shape index (κ2) is 11.4. The molecule has 3 aromatic rings. The van der Waals surface area contributed by atoms with E-state index in [0.29, 0.717) is 5.69 Å². The minimum absolute atomic E-state index is 0.0143. The van der Waals surface area contributed by atoms with Crippen molar-refractivity contribution < 1.29 is 19.4 Å². The first-order chi connectivity index (χ1) is 16.5. The molecular weight excluding hydrogens is 428 g/mol. The van der Waals surface area contributed by atoms with Crippen molar-refractivity contribution in [3.63, 3.8) is 0 Å². The highest BCUT2D eigenvalue weighted by atomic mass is 16.7. The summed E-state index contributed by atoms with van der Waals surface area (Å²) in [5.74, 6) is -0.120. The first-order valence-corrected chi connectivity index (χ1v) is 11.6. The quantitative estimate of drug-likeness (QED) is 0.505. The molecule has 0 aromatic heterocycles. The second-order valence-electron chi connectivity index (χ2n) is 8.84. The third-order valence-corrected chi connectivity index (χ3v) is 5.90. The summed E-state index contributed by atoms with van der Waals surface area (Å²) in [6.07, 6.45) is -0.0232. The maximum atomic E-state index is 11.5. The SMILES string of the molecule is CC(=O)Nc1cccc(C2OC(CN(C)Cc3ccccc3)CC(c3ccc(CO)cc3)O2)c1. The lowest BCUT2D eigenvalue weighted by molar-refractivity contribution is -0.252. The summed E-state index contributed by atoms with van der Waals surface area (Å²) in [5, 5.41) is 12.2. The fourth-order valence-electron chi connectivity index (χ4n) is 4.31. The van der Waals surface area contributed by atoms with E-state index in [1.165, 1.54) is 12.5 Å².